The van der Waals surface area contributed by atoms with E-state index in [9.17, 15) is 4.79 Å². The second-order valence-corrected chi connectivity index (χ2v) is 3.74. The zero-order chi connectivity index (χ0) is 12.8. The number of hydrogen-bond acceptors (Lipinski definition) is 1. The van der Waals surface area contributed by atoms with Crippen molar-refractivity contribution in [3.63, 3.8) is 0 Å². The van der Waals surface area contributed by atoms with Crippen LogP contribution in [0.4, 0.5) is 0 Å². The molecule has 2 nitrogen and oxygen atoms in total. The molecule has 86 valence electrons. The highest BCUT2D eigenvalue weighted by molar-refractivity contribution is 5.81. The van der Waals surface area contributed by atoms with Crippen LogP contribution in [-0.4, -0.2) is 12.5 Å². The Labute approximate surface area is 103 Å². The van der Waals surface area contributed by atoms with Crippen molar-refractivity contribution in [2.24, 2.45) is 0 Å². The molecule has 1 aliphatic rings. The van der Waals surface area contributed by atoms with E-state index in [2.05, 4.69) is 5.32 Å². The van der Waals surface area contributed by atoms with E-state index in [-0.39, 0.29) is 5.91 Å². The van der Waals surface area contributed by atoms with Crippen molar-refractivity contribution in [1.29, 1.82) is 0 Å². The van der Waals surface area contributed by atoms with E-state index in [1.807, 2.05) is 54.6 Å². The average molecular weight is 226 g/mol. The van der Waals surface area contributed by atoms with Gasteiger partial charge in [-0.15, -0.1) is 0 Å². The summed E-state index contributed by atoms with van der Waals surface area (Å²) in [5, 5.41) is 2.57. The molecule has 0 atom stereocenters. The Morgan fingerprint density at radius 2 is 1.47 bits per heavy atom. The summed E-state index contributed by atoms with van der Waals surface area (Å²) in [6.45, 7) is 0.888. The van der Waals surface area contributed by atoms with Crippen LogP contribution >= 0.6 is 0 Å². The normalized spacial score (nSPS) is 13.6. The van der Waals surface area contributed by atoms with Gasteiger partial charge in [0.2, 0.25) is 5.91 Å². The van der Waals surface area contributed by atoms with E-state index < -0.39 is 0 Å². The molecule has 2 aromatic rings. The molecule has 0 radical (unpaired) electrons. The molecule has 0 aromatic heterocycles. The van der Waals surface area contributed by atoms with E-state index in [1.165, 1.54) is 0 Å². The van der Waals surface area contributed by atoms with Crippen LogP contribution in [0.5, 0.6) is 0 Å². The molecule has 1 N–H and O–H groups in total. The number of hydrogen-bond donors (Lipinski definition) is 1. The third kappa shape index (κ3) is 3.45. The molecular weight excluding hydrogens is 210 g/mol. The third-order valence-corrected chi connectivity index (χ3v) is 2.47. The second-order valence-electron chi connectivity index (χ2n) is 3.74. The molecular formula is C15H15NO. The van der Waals surface area contributed by atoms with Gasteiger partial charge in [0.15, 0.2) is 0 Å². The molecule has 0 unspecified atom stereocenters. The fourth-order valence-corrected chi connectivity index (χ4v) is 1.42. The predicted octanol–water partition coefficient (Wildman–Crippen LogP) is 2.86. The van der Waals surface area contributed by atoms with Gasteiger partial charge in [-0.25, -0.2) is 0 Å². The van der Waals surface area contributed by atoms with E-state index in [0.717, 1.165) is 24.1 Å². The summed E-state index contributed by atoms with van der Waals surface area (Å²) in [6.07, 6.45) is 0.736. The minimum absolute atomic E-state index is 0.185. The van der Waals surface area contributed by atoms with Crippen LogP contribution in [-0.2, 0) is 4.79 Å². The number of nitrogens with one attached hydrogen (secondary N) is 1. The van der Waals surface area contributed by atoms with E-state index in [0.29, 0.717) is 6.04 Å². The first-order chi connectivity index (χ1) is 8.77. The number of benzene rings is 2. The first-order valence-electron chi connectivity index (χ1n) is 6.15. The van der Waals surface area contributed by atoms with Crippen molar-refractivity contribution in [2.75, 3.05) is 6.54 Å². The molecule has 2 heteroatoms. The lowest BCUT2D eigenvalue weighted by atomic mass is 10.1. The standard InChI is InChI=1S/C12H10.C3H5NO/c1-3-7-11(8-4-1)12-9-5-2-6-10-12;5-3-1-2-4-3/h1-10H;1-2H2,(H,4,5)/i7D;. The largest absolute Gasteiger partial charge is 0.356 e. The Hall–Kier alpha value is -2.09. The fourth-order valence-electron chi connectivity index (χ4n) is 1.42. The van der Waals surface area contributed by atoms with E-state index in [4.69, 9.17) is 1.37 Å². The van der Waals surface area contributed by atoms with Crippen molar-refractivity contribution in [3.05, 3.63) is 60.6 Å². The van der Waals surface area contributed by atoms with Gasteiger partial charge in [-0.05, 0) is 11.1 Å². The van der Waals surface area contributed by atoms with Gasteiger partial charge in [-0.2, -0.15) is 0 Å². The van der Waals surface area contributed by atoms with Crippen LogP contribution in [0.1, 0.15) is 7.79 Å². The Morgan fingerprint density at radius 3 is 1.94 bits per heavy atom. The molecule has 0 saturated carbocycles. The molecule has 1 aliphatic heterocycles. The highest BCUT2D eigenvalue weighted by Gasteiger charge is 2.07. The van der Waals surface area contributed by atoms with Gasteiger partial charge in [-0.3, -0.25) is 4.79 Å². The number of β-lactam (4-membered cyclic amide) rings is 1. The summed E-state index contributed by atoms with van der Waals surface area (Å²) in [7, 11) is 0. The Bertz CT molecular complexity index is 519. The molecule has 0 aliphatic carbocycles. The Morgan fingerprint density at radius 1 is 0.941 bits per heavy atom. The topological polar surface area (TPSA) is 29.1 Å². The molecule has 1 fully saturated rings. The first-order valence-corrected chi connectivity index (χ1v) is 5.65. The molecule has 3 rings (SSSR count). The van der Waals surface area contributed by atoms with Crippen molar-refractivity contribution in [2.45, 2.75) is 6.42 Å². The minimum atomic E-state index is 0.185. The van der Waals surface area contributed by atoms with Crippen LogP contribution in [0, 0.1) is 0 Å². The maximum atomic E-state index is 9.79. The van der Waals surface area contributed by atoms with Crippen molar-refractivity contribution in [3.8, 4) is 11.1 Å². The molecule has 0 bridgehead atoms. The van der Waals surface area contributed by atoms with Gasteiger partial charge in [0.05, 0.1) is 1.37 Å². The van der Waals surface area contributed by atoms with Gasteiger partial charge in [0.25, 0.3) is 0 Å². The van der Waals surface area contributed by atoms with Gasteiger partial charge in [0.1, 0.15) is 0 Å². The van der Waals surface area contributed by atoms with Crippen LogP contribution in [0.2, 0.25) is 0 Å². The van der Waals surface area contributed by atoms with Gasteiger partial charge < -0.3 is 5.32 Å². The highest BCUT2D eigenvalue weighted by atomic mass is 16.2. The summed E-state index contributed by atoms with van der Waals surface area (Å²) in [4.78, 5) is 9.79. The number of carbonyl (C=O) groups is 1. The number of amides is 1. The van der Waals surface area contributed by atoms with E-state index >= 15 is 0 Å². The molecule has 1 amide bonds. The molecule has 1 heterocycles. The number of carbonyl (C=O) groups excluding carboxylic acids is 1. The van der Waals surface area contributed by atoms with Gasteiger partial charge in [0, 0.05) is 13.0 Å². The molecule has 1 saturated heterocycles. The molecule has 17 heavy (non-hydrogen) atoms. The Kier molecular flexibility index (Phi) is 3.47. The molecule has 2 aromatic carbocycles. The summed E-state index contributed by atoms with van der Waals surface area (Å²) < 4.78 is 7.71. The SMILES string of the molecule is O=C1CCN1.[2H]c1ccccc1-c1ccccc1. The van der Waals surface area contributed by atoms with Crippen LogP contribution in [0.3, 0.4) is 0 Å². The molecule has 0 spiro atoms. The maximum Gasteiger partial charge on any atom is 0.221 e. The van der Waals surface area contributed by atoms with Crippen molar-refractivity contribution in [1.82, 2.24) is 5.32 Å². The average Bonchev–Trinajstić information content (AvgIpc) is 2.39. The van der Waals surface area contributed by atoms with Gasteiger partial charge >= 0.3 is 0 Å². The lowest BCUT2D eigenvalue weighted by Crippen LogP contribution is -2.37. The monoisotopic (exact) mass is 226 g/mol. The second kappa shape index (κ2) is 5.85. The summed E-state index contributed by atoms with van der Waals surface area (Å²) in [6, 6.07) is 18.2. The quantitative estimate of drug-likeness (QED) is 0.744. The van der Waals surface area contributed by atoms with Crippen molar-refractivity contribution < 1.29 is 6.17 Å². The summed E-state index contributed by atoms with van der Waals surface area (Å²) in [5.74, 6) is 0.185. The van der Waals surface area contributed by atoms with E-state index in [1.54, 1.807) is 0 Å². The zero-order valence-corrected chi connectivity index (χ0v) is 9.52. The summed E-state index contributed by atoms with van der Waals surface area (Å²) >= 11 is 0. The highest BCUT2D eigenvalue weighted by Crippen LogP contribution is 2.17. The smallest absolute Gasteiger partial charge is 0.221 e. The van der Waals surface area contributed by atoms with Crippen LogP contribution in [0.15, 0.2) is 60.6 Å². The lowest BCUT2D eigenvalue weighted by Gasteiger charge is -2.10. The minimum Gasteiger partial charge on any atom is -0.356 e. The van der Waals surface area contributed by atoms with Crippen LogP contribution < -0.4 is 5.32 Å². The lowest BCUT2D eigenvalue weighted by molar-refractivity contribution is -0.125. The van der Waals surface area contributed by atoms with Crippen LogP contribution in [0.25, 0.3) is 11.1 Å². The first kappa shape index (κ1) is 10.1. The third-order valence-electron chi connectivity index (χ3n) is 2.47. The fraction of sp³-hybridized carbons (Fsp3) is 0.133. The van der Waals surface area contributed by atoms with Crippen molar-refractivity contribution >= 4 is 5.91 Å². The van der Waals surface area contributed by atoms with Gasteiger partial charge in [-0.1, -0.05) is 60.6 Å². The zero-order valence-electron chi connectivity index (χ0n) is 10.5. The Balaban J connectivity index is 0.000000202. The summed E-state index contributed by atoms with van der Waals surface area (Å²) in [5.41, 5.74) is 2.09. The maximum absolute atomic E-state index is 9.79. The predicted molar refractivity (Wildman–Crippen MR) is 69.5 cm³/mol. The number of rotatable bonds is 1.